The average Bonchev–Trinajstić information content (AvgIpc) is 2.41. The van der Waals surface area contributed by atoms with Crippen molar-refractivity contribution in [1.82, 2.24) is 5.32 Å². The molecular formula is C15H13BrFNO. The molecule has 19 heavy (non-hydrogen) atoms. The Labute approximate surface area is 119 Å². The van der Waals surface area contributed by atoms with Crippen LogP contribution in [0.4, 0.5) is 4.39 Å². The summed E-state index contributed by atoms with van der Waals surface area (Å²) in [5, 5.41) is 2.77. The summed E-state index contributed by atoms with van der Waals surface area (Å²) in [5.41, 5.74) is 2.47. The Morgan fingerprint density at radius 3 is 2.58 bits per heavy atom. The van der Waals surface area contributed by atoms with Gasteiger partial charge in [0.1, 0.15) is 5.82 Å². The lowest BCUT2D eigenvalue weighted by atomic mass is 10.1. The maximum atomic E-state index is 13.3. The fourth-order valence-corrected chi connectivity index (χ4v) is 2.11. The van der Waals surface area contributed by atoms with Gasteiger partial charge in [0.2, 0.25) is 0 Å². The molecule has 4 heteroatoms. The van der Waals surface area contributed by atoms with Crippen LogP contribution in [-0.2, 0) is 6.54 Å². The first-order chi connectivity index (χ1) is 9.08. The third-order valence-electron chi connectivity index (χ3n) is 2.77. The molecule has 0 aliphatic heterocycles. The summed E-state index contributed by atoms with van der Waals surface area (Å²) in [6.07, 6.45) is 0. The number of hydrogen-bond donors (Lipinski definition) is 1. The zero-order valence-corrected chi connectivity index (χ0v) is 12.0. The first kappa shape index (κ1) is 13.7. The largest absolute Gasteiger partial charge is 0.348 e. The first-order valence-corrected chi connectivity index (χ1v) is 6.65. The molecule has 2 aromatic carbocycles. The molecule has 2 rings (SSSR count). The fourth-order valence-electron chi connectivity index (χ4n) is 1.66. The maximum Gasteiger partial charge on any atom is 0.252 e. The average molecular weight is 322 g/mol. The van der Waals surface area contributed by atoms with E-state index < -0.39 is 5.82 Å². The van der Waals surface area contributed by atoms with Crippen molar-refractivity contribution in [1.29, 1.82) is 0 Å². The molecule has 0 radical (unpaired) electrons. The van der Waals surface area contributed by atoms with Crippen molar-refractivity contribution in [3.8, 4) is 0 Å². The van der Waals surface area contributed by atoms with Crippen molar-refractivity contribution in [2.45, 2.75) is 13.5 Å². The standard InChI is InChI=1S/C15H13BrFNO/c1-10-5-7-11(8-6-10)9-18-15(19)12-3-2-4-13(17)14(12)16/h2-8H,9H2,1H3,(H,18,19). The molecule has 0 saturated carbocycles. The van der Waals surface area contributed by atoms with Gasteiger partial charge in [0.05, 0.1) is 10.0 Å². The second-order valence-corrected chi connectivity index (χ2v) is 5.06. The third kappa shape index (κ3) is 3.41. The molecule has 0 aromatic heterocycles. The van der Waals surface area contributed by atoms with Crippen molar-refractivity contribution < 1.29 is 9.18 Å². The van der Waals surface area contributed by atoms with E-state index in [1.54, 1.807) is 6.07 Å². The van der Waals surface area contributed by atoms with Crippen molar-refractivity contribution in [3.05, 3.63) is 69.4 Å². The highest BCUT2D eigenvalue weighted by Gasteiger charge is 2.12. The number of benzene rings is 2. The van der Waals surface area contributed by atoms with Gasteiger partial charge in [0, 0.05) is 6.54 Å². The normalized spacial score (nSPS) is 10.3. The monoisotopic (exact) mass is 321 g/mol. The van der Waals surface area contributed by atoms with E-state index in [4.69, 9.17) is 0 Å². The molecule has 0 aliphatic carbocycles. The van der Waals surface area contributed by atoms with Crippen LogP contribution in [0.25, 0.3) is 0 Å². The summed E-state index contributed by atoms with van der Waals surface area (Å²) in [7, 11) is 0. The molecule has 0 fully saturated rings. The molecule has 0 atom stereocenters. The van der Waals surface area contributed by atoms with Gasteiger partial charge < -0.3 is 5.32 Å². The Morgan fingerprint density at radius 2 is 1.89 bits per heavy atom. The summed E-state index contributed by atoms with van der Waals surface area (Å²) in [4.78, 5) is 12.0. The van der Waals surface area contributed by atoms with E-state index in [0.29, 0.717) is 12.1 Å². The summed E-state index contributed by atoms with van der Waals surface area (Å²) in [6.45, 7) is 2.42. The van der Waals surface area contributed by atoms with Crippen LogP contribution in [0.1, 0.15) is 21.5 Å². The van der Waals surface area contributed by atoms with E-state index in [9.17, 15) is 9.18 Å². The van der Waals surface area contributed by atoms with Crippen LogP contribution >= 0.6 is 15.9 Å². The Kier molecular flexibility index (Phi) is 4.32. The van der Waals surface area contributed by atoms with Gasteiger partial charge in [-0.2, -0.15) is 0 Å². The number of rotatable bonds is 3. The molecule has 0 aliphatic rings. The first-order valence-electron chi connectivity index (χ1n) is 5.85. The van der Waals surface area contributed by atoms with Gasteiger partial charge in [0.15, 0.2) is 0 Å². The van der Waals surface area contributed by atoms with E-state index in [-0.39, 0.29) is 10.4 Å². The van der Waals surface area contributed by atoms with Gasteiger partial charge >= 0.3 is 0 Å². The molecule has 0 bridgehead atoms. The summed E-state index contributed by atoms with van der Waals surface area (Å²) in [5.74, 6) is -0.741. The molecule has 98 valence electrons. The third-order valence-corrected chi connectivity index (χ3v) is 3.58. The van der Waals surface area contributed by atoms with E-state index >= 15 is 0 Å². The summed E-state index contributed by atoms with van der Waals surface area (Å²) < 4.78 is 13.5. The summed E-state index contributed by atoms with van der Waals surface area (Å²) in [6, 6.07) is 12.3. The number of carbonyl (C=O) groups excluding carboxylic acids is 1. The zero-order valence-electron chi connectivity index (χ0n) is 10.4. The van der Waals surface area contributed by atoms with Crippen LogP contribution < -0.4 is 5.32 Å². The van der Waals surface area contributed by atoms with E-state index in [0.717, 1.165) is 5.56 Å². The highest BCUT2D eigenvalue weighted by molar-refractivity contribution is 9.10. The summed E-state index contributed by atoms with van der Waals surface area (Å²) >= 11 is 3.08. The minimum absolute atomic E-state index is 0.191. The molecule has 0 saturated heterocycles. The predicted molar refractivity (Wildman–Crippen MR) is 76.4 cm³/mol. The fraction of sp³-hybridized carbons (Fsp3) is 0.133. The minimum atomic E-state index is -0.442. The Balaban J connectivity index is 2.05. The lowest BCUT2D eigenvalue weighted by molar-refractivity contribution is 0.0949. The topological polar surface area (TPSA) is 29.1 Å². The van der Waals surface area contributed by atoms with Crippen LogP contribution in [0.3, 0.4) is 0 Å². The van der Waals surface area contributed by atoms with Gasteiger partial charge in [-0.1, -0.05) is 35.9 Å². The quantitative estimate of drug-likeness (QED) is 0.914. The van der Waals surface area contributed by atoms with E-state index in [1.165, 1.54) is 17.7 Å². The Bertz CT molecular complexity index is 596. The van der Waals surface area contributed by atoms with Crippen LogP contribution in [-0.4, -0.2) is 5.91 Å². The predicted octanol–water partition coefficient (Wildman–Crippen LogP) is 3.83. The van der Waals surface area contributed by atoms with Gasteiger partial charge in [-0.25, -0.2) is 4.39 Å². The molecule has 2 nitrogen and oxygen atoms in total. The van der Waals surface area contributed by atoms with Crippen LogP contribution in [0.5, 0.6) is 0 Å². The SMILES string of the molecule is Cc1ccc(CNC(=O)c2cccc(F)c2Br)cc1. The second-order valence-electron chi connectivity index (χ2n) is 4.27. The van der Waals surface area contributed by atoms with Gasteiger partial charge in [0.25, 0.3) is 5.91 Å². The van der Waals surface area contributed by atoms with Gasteiger partial charge in [-0.3, -0.25) is 4.79 Å². The highest BCUT2D eigenvalue weighted by Crippen LogP contribution is 2.20. The Morgan fingerprint density at radius 1 is 1.21 bits per heavy atom. The molecule has 0 heterocycles. The van der Waals surface area contributed by atoms with E-state index in [2.05, 4.69) is 21.2 Å². The highest BCUT2D eigenvalue weighted by atomic mass is 79.9. The molecular weight excluding hydrogens is 309 g/mol. The number of hydrogen-bond acceptors (Lipinski definition) is 1. The van der Waals surface area contributed by atoms with Crippen molar-refractivity contribution in [2.24, 2.45) is 0 Å². The molecule has 1 N–H and O–H groups in total. The minimum Gasteiger partial charge on any atom is -0.348 e. The maximum absolute atomic E-state index is 13.3. The number of amides is 1. The number of carbonyl (C=O) groups is 1. The van der Waals surface area contributed by atoms with Gasteiger partial charge in [-0.05, 0) is 40.5 Å². The van der Waals surface area contributed by atoms with Crippen molar-refractivity contribution in [2.75, 3.05) is 0 Å². The van der Waals surface area contributed by atoms with Crippen molar-refractivity contribution in [3.63, 3.8) is 0 Å². The van der Waals surface area contributed by atoms with Crippen LogP contribution in [0, 0.1) is 12.7 Å². The lowest BCUT2D eigenvalue weighted by Gasteiger charge is -2.07. The molecule has 2 aromatic rings. The Hall–Kier alpha value is -1.68. The smallest absolute Gasteiger partial charge is 0.252 e. The second kappa shape index (κ2) is 5.97. The van der Waals surface area contributed by atoms with Crippen LogP contribution in [0.2, 0.25) is 0 Å². The number of halogens is 2. The van der Waals surface area contributed by atoms with Crippen LogP contribution in [0.15, 0.2) is 46.9 Å². The van der Waals surface area contributed by atoms with E-state index in [1.807, 2.05) is 31.2 Å². The lowest BCUT2D eigenvalue weighted by Crippen LogP contribution is -2.23. The molecule has 0 unspecified atom stereocenters. The molecule has 1 amide bonds. The number of nitrogens with one attached hydrogen (secondary N) is 1. The zero-order chi connectivity index (χ0) is 13.8. The van der Waals surface area contributed by atoms with Gasteiger partial charge in [-0.15, -0.1) is 0 Å². The molecule has 0 spiro atoms. The number of aryl methyl sites for hydroxylation is 1. The van der Waals surface area contributed by atoms with Crippen molar-refractivity contribution >= 4 is 21.8 Å².